The minimum absolute atomic E-state index is 0.0735. The van der Waals surface area contributed by atoms with Gasteiger partial charge >= 0.3 is 0 Å². The summed E-state index contributed by atoms with van der Waals surface area (Å²) in [4.78, 5) is 12.6. The van der Waals surface area contributed by atoms with Crippen LogP contribution in [0.5, 0.6) is 0 Å². The molecule has 1 heterocycles. The van der Waals surface area contributed by atoms with E-state index >= 15 is 0 Å². The van der Waals surface area contributed by atoms with E-state index in [2.05, 4.69) is 5.32 Å². The van der Waals surface area contributed by atoms with E-state index in [9.17, 15) is 9.18 Å². The van der Waals surface area contributed by atoms with Gasteiger partial charge in [0.15, 0.2) is 0 Å². The molecule has 0 aliphatic heterocycles. The second kappa shape index (κ2) is 6.45. The first kappa shape index (κ1) is 15.1. The van der Waals surface area contributed by atoms with E-state index in [1.807, 2.05) is 13.2 Å². The fraction of sp³-hybridized carbons (Fsp3) is 0.357. The highest BCUT2D eigenvalue weighted by atomic mass is 32.2. The van der Waals surface area contributed by atoms with Gasteiger partial charge in [0, 0.05) is 10.7 Å². The van der Waals surface area contributed by atoms with Gasteiger partial charge in [-0.1, -0.05) is 6.07 Å². The number of carbonyl (C=O) groups is 1. The predicted octanol–water partition coefficient (Wildman–Crippen LogP) is 3.49. The first-order valence-electron chi connectivity index (χ1n) is 6.31. The molecule has 0 aliphatic rings. The van der Waals surface area contributed by atoms with Crippen molar-refractivity contribution in [3.63, 3.8) is 0 Å². The van der Waals surface area contributed by atoms with Crippen LogP contribution in [-0.4, -0.2) is 24.0 Å². The molecule has 1 aromatic heterocycles. The number of thioether (sulfide) groups is 1. The molecule has 0 aliphatic carbocycles. The molecule has 1 unspecified atom stereocenters. The predicted molar refractivity (Wildman–Crippen MR) is 86.1 cm³/mol. The third-order valence-corrected chi connectivity index (χ3v) is 4.85. The van der Waals surface area contributed by atoms with Crippen molar-refractivity contribution in [2.75, 3.05) is 17.7 Å². The number of anilines is 1. The number of thiophene rings is 1. The molecule has 2 rings (SSSR count). The van der Waals surface area contributed by atoms with Crippen LogP contribution in [0.2, 0.25) is 0 Å². The van der Waals surface area contributed by atoms with Crippen LogP contribution < -0.4 is 11.1 Å². The Morgan fingerprint density at radius 3 is 2.95 bits per heavy atom. The van der Waals surface area contributed by atoms with Gasteiger partial charge in [0.05, 0.1) is 11.1 Å². The number of nitrogens with one attached hydrogen (secondary N) is 1. The summed E-state index contributed by atoms with van der Waals surface area (Å²) in [6.07, 6.45) is 2.92. The number of fused-ring (bicyclic) bond motifs is 1. The Morgan fingerprint density at radius 1 is 1.55 bits per heavy atom. The van der Waals surface area contributed by atoms with Gasteiger partial charge in [-0.2, -0.15) is 11.8 Å². The zero-order chi connectivity index (χ0) is 14.7. The smallest absolute Gasteiger partial charge is 0.263 e. The Balaban J connectivity index is 2.22. The van der Waals surface area contributed by atoms with Gasteiger partial charge in [0.2, 0.25) is 0 Å². The van der Waals surface area contributed by atoms with Crippen molar-refractivity contribution in [1.82, 2.24) is 5.32 Å². The summed E-state index contributed by atoms with van der Waals surface area (Å²) in [5, 5.41) is 3.25. The Morgan fingerprint density at radius 2 is 2.30 bits per heavy atom. The number of nitrogen functional groups attached to an aromatic ring is 1. The molecular weight excluding hydrogens is 295 g/mol. The van der Waals surface area contributed by atoms with Crippen molar-refractivity contribution in [2.45, 2.75) is 19.4 Å². The van der Waals surface area contributed by atoms with Crippen molar-refractivity contribution in [3.05, 3.63) is 28.9 Å². The molecule has 2 aromatic rings. The van der Waals surface area contributed by atoms with Crippen LogP contribution >= 0.6 is 23.1 Å². The van der Waals surface area contributed by atoms with Crippen LogP contribution in [0.4, 0.5) is 10.1 Å². The number of halogens is 1. The number of amides is 1. The van der Waals surface area contributed by atoms with E-state index in [1.165, 1.54) is 17.4 Å². The van der Waals surface area contributed by atoms with Crippen LogP contribution in [-0.2, 0) is 0 Å². The van der Waals surface area contributed by atoms with Crippen LogP contribution in [0.3, 0.4) is 0 Å². The van der Waals surface area contributed by atoms with E-state index in [0.717, 1.165) is 12.2 Å². The second-order valence-corrected chi connectivity index (χ2v) is 6.65. The monoisotopic (exact) mass is 312 g/mol. The van der Waals surface area contributed by atoms with Crippen molar-refractivity contribution in [3.8, 4) is 0 Å². The normalized spacial score (nSPS) is 12.6. The summed E-state index contributed by atoms with van der Waals surface area (Å²) >= 11 is 2.97. The number of benzene rings is 1. The summed E-state index contributed by atoms with van der Waals surface area (Å²) < 4.78 is 14.4. The van der Waals surface area contributed by atoms with Gasteiger partial charge < -0.3 is 11.1 Å². The Bertz CT molecular complexity index is 627. The van der Waals surface area contributed by atoms with Crippen LogP contribution in [0.25, 0.3) is 10.1 Å². The Hall–Kier alpha value is -1.27. The molecule has 20 heavy (non-hydrogen) atoms. The molecule has 3 nitrogen and oxygen atoms in total. The fourth-order valence-electron chi connectivity index (χ4n) is 1.95. The Kier molecular flexibility index (Phi) is 4.88. The maximum atomic E-state index is 13.7. The van der Waals surface area contributed by atoms with Crippen LogP contribution in [0.15, 0.2) is 18.2 Å². The van der Waals surface area contributed by atoms with Crippen LogP contribution in [0.1, 0.15) is 23.0 Å². The van der Waals surface area contributed by atoms with Crippen molar-refractivity contribution in [2.24, 2.45) is 0 Å². The lowest BCUT2D eigenvalue weighted by Gasteiger charge is -2.12. The molecule has 1 atom stereocenters. The zero-order valence-electron chi connectivity index (χ0n) is 11.4. The quantitative estimate of drug-likeness (QED) is 0.888. The molecule has 0 radical (unpaired) electrons. The van der Waals surface area contributed by atoms with E-state index in [4.69, 9.17) is 5.73 Å². The maximum Gasteiger partial charge on any atom is 0.263 e. The van der Waals surface area contributed by atoms with Gasteiger partial charge in [0.1, 0.15) is 10.7 Å². The van der Waals surface area contributed by atoms with E-state index in [-0.39, 0.29) is 23.5 Å². The fourth-order valence-corrected chi connectivity index (χ4v) is 3.58. The van der Waals surface area contributed by atoms with Gasteiger partial charge in [0.25, 0.3) is 5.91 Å². The molecule has 0 saturated heterocycles. The summed E-state index contributed by atoms with van der Waals surface area (Å²) in [6, 6.07) is 4.82. The highest BCUT2D eigenvalue weighted by Crippen LogP contribution is 2.35. The standard InChI is InChI=1S/C14H17FN2OS2/c1-8(6-7-19-2)17-14(18)13-12(16)11-9(15)4-3-5-10(11)20-13/h3-5,8H,6-7,16H2,1-2H3,(H,17,18). The number of rotatable bonds is 5. The van der Waals surface area contributed by atoms with Gasteiger partial charge in [-0.15, -0.1) is 11.3 Å². The maximum absolute atomic E-state index is 13.7. The minimum atomic E-state index is -0.384. The third kappa shape index (κ3) is 3.07. The first-order chi connectivity index (χ1) is 9.54. The lowest BCUT2D eigenvalue weighted by Crippen LogP contribution is -2.32. The van der Waals surface area contributed by atoms with Crippen molar-refractivity contribution < 1.29 is 9.18 Å². The van der Waals surface area contributed by atoms with E-state index in [1.54, 1.807) is 23.9 Å². The topological polar surface area (TPSA) is 55.1 Å². The highest BCUT2D eigenvalue weighted by Gasteiger charge is 2.19. The summed E-state index contributed by atoms with van der Waals surface area (Å²) in [5.74, 6) is 0.375. The molecule has 0 bridgehead atoms. The highest BCUT2D eigenvalue weighted by molar-refractivity contribution is 7.98. The molecule has 6 heteroatoms. The second-order valence-electron chi connectivity index (χ2n) is 4.61. The molecule has 0 spiro atoms. The lowest BCUT2D eigenvalue weighted by atomic mass is 10.2. The van der Waals surface area contributed by atoms with Gasteiger partial charge in [-0.25, -0.2) is 4.39 Å². The molecular formula is C14H17FN2OS2. The van der Waals surface area contributed by atoms with E-state index < -0.39 is 0 Å². The number of hydrogen-bond acceptors (Lipinski definition) is 4. The number of carbonyl (C=O) groups excluding carboxylic acids is 1. The minimum Gasteiger partial charge on any atom is -0.397 e. The number of hydrogen-bond donors (Lipinski definition) is 2. The van der Waals surface area contributed by atoms with Crippen LogP contribution in [0, 0.1) is 5.82 Å². The Labute approximate surface area is 125 Å². The molecule has 0 saturated carbocycles. The lowest BCUT2D eigenvalue weighted by molar-refractivity contribution is 0.0944. The molecule has 0 fully saturated rings. The molecule has 1 aromatic carbocycles. The summed E-state index contributed by atoms with van der Waals surface area (Å²) in [7, 11) is 0. The SMILES string of the molecule is CSCCC(C)NC(=O)c1sc2cccc(F)c2c1N. The largest absolute Gasteiger partial charge is 0.397 e. The third-order valence-electron chi connectivity index (χ3n) is 3.04. The molecule has 1 amide bonds. The average molecular weight is 312 g/mol. The molecule has 3 N–H and O–H groups in total. The van der Waals surface area contributed by atoms with Gasteiger partial charge in [-0.05, 0) is 37.5 Å². The first-order valence-corrected chi connectivity index (χ1v) is 8.52. The zero-order valence-corrected chi connectivity index (χ0v) is 13.0. The van der Waals surface area contributed by atoms with E-state index in [0.29, 0.717) is 15.0 Å². The average Bonchev–Trinajstić information content (AvgIpc) is 2.75. The van der Waals surface area contributed by atoms with Gasteiger partial charge in [-0.3, -0.25) is 4.79 Å². The van der Waals surface area contributed by atoms with Crippen molar-refractivity contribution in [1.29, 1.82) is 0 Å². The number of nitrogens with two attached hydrogens (primary N) is 1. The summed E-state index contributed by atoms with van der Waals surface area (Å²) in [6.45, 7) is 1.96. The van der Waals surface area contributed by atoms with Crippen molar-refractivity contribution >= 4 is 44.8 Å². The molecule has 108 valence electrons. The summed E-state index contributed by atoms with van der Waals surface area (Å²) in [5.41, 5.74) is 6.16.